The molecule has 0 spiro atoms. The molecule has 0 amide bonds. The summed E-state index contributed by atoms with van der Waals surface area (Å²) >= 11 is 0. The van der Waals surface area contributed by atoms with Crippen LogP contribution in [-0.4, -0.2) is 24.6 Å². The molecule has 0 aliphatic rings. The molecule has 4 heteroatoms. The number of Topliss-reactive ketones (excluding diaryl/α,β-unsaturated/α-hetero) is 2. The van der Waals surface area contributed by atoms with Crippen LogP contribution in [0.15, 0.2) is 0 Å². The third-order valence-corrected chi connectivity index (χ3v) is 5.63. The quantitative estimate of drug-likeness (QED) is 0.0825. The predicted octanol–water partition coefficient (Wildman–Crippen LogP) is 7.12. The van der Waals surface area contributed by atoms with E-state index in [1.807, 2.05) is 0 Å². The molecule has 4 nitrogen and oxygen atoms in total. The molecule has 0 radical (unpaired) electrons. The second kappa shape index (κ2) is 21.5. The summed E-state index contributed by atoms with van der Waals surface area (Å²) in [4.78, 5) is 33.7. The molecule has 0 aromatic carbocycles. The van der Waals surface area contributed by atoms with Crippen LogP contribution < -0.4 is 0 Å². The van der Waals surface area contributed by atoms with E-state index in [0.717, 1.165) is 20.0 Å². The summed E-state index contributed by atoms with van der Waals surface area (Å²) in [7, 11) is 1.12. The Balaban J connectivity index is 3.20. The number of ether oxygens (including phenoxy) is 1. The largest absolute Gasteiger partial charge is 0.463 e. The van der Waals surface area contributed by atoms with E-state index in [0.29, 0.717) is 6.42 Å². The lowest BCUT2D eigenvalue weighted by atomic mass is 10.0. The monoisotopic (exact) mass is 410 g/mol. The number of esters is 1. The highest BCUT2D eigenvalue weighted by molar-refractivity contribution is 6.62. The van der Waals surface area contributed by atoms with E-state index < -0.39 is 17.5 Å². The lowest BCUT2D eigenvalue weighted by Gasteiger charge is -2.04. The van der Waals surface area contributed by atoms with Crippen molar-refractivity contribution in [2.75, 3.05) is 7.11 Å². The van der Waals surface area contributed by atoms with Crippen LogP contribution in [0.1, 0.15) is 135 Å². The summed E-state index contributed by atoms with van der Waals surface area (Å²) in [5, 5.41) is 0. The van der Waals surface area contributed by atoms with Gasteiger partial charge in [0.25, 0.3) is 0 Å². The van der Waals surface area contributed by atoms with E-state index in [9.17, 15) is 14.4 Å². The molecule has 0 unspecified atom stereocenters. The molecule has 0 aliphatic carbocycles. The van der Waals surface area contributed by atoms with Crippen molar-refractivity contribution in [1.82, 2.24) is 0 Å². The minimum atomic E-state index is -1.05. The number of unbranched alkanes of at least 4 members (excludes halogenated alkanes) is 18. The van der Waals surface area contributed by atoms with Crippen molar-refractivity contribution in [2.24, 2.45) is 0 Å². The lowest BCUT2D eigenvalue weighted by Crippen LogP contribution is -2.24. The summed E-state index contributed by atoms with van der Waals surface area (Å²) < 4.78 is 4.27. The van der Waals surface area contributed by atoms with Crippen molar-refractivity contribution in [2.45, 2.75) is 135 Å². The average molecular weight is 411 g/mol. The minimum Gasteiger partial charge on any atom is -0.463 e. The van der Waals surface area contributed by atoms with Crippen molar-refractivity contribution in [3.05, 3.63) is 0 Å². The van der Waals surface area contributed by atoms with Gasteiger partial charge < -0.3 is 4.74 Å². The Morgan fingerprint density at radius 3 is 1.14 bits per heavy atom. The van der Waals surface area contributed by atoms with Crippen molar-refractivity contribution < 1.29 is 19.1 Å². The molecule has 0 fully saturated rings. The van der Waals surface area contributed by atoms with Gasteiger partial charge in [0.2, 0.25) is 5.78 Å². The third kappa shape index (κ3) is 18.6. The second-order valence-electron chi connectivity index (χ2n) is 8.36. The van der Waals surface area contributed by atoms with Gasteiger partial charge >= 0.3 is 11.8 Å². The van der Waals surface area contributed by atoms with Gasteiger partial charge in [0.05, 0.1) is 7.11 Å². The van der Waals surface area contributed by atoms with Crippen LogP contribution in [0.4, 0.5) is 0 Å². The summed E-state index contributed by atoms with van der Waals surface area (Å²) in [6.45, 7) is 2.27. The Labute approximate surface area is 179 Å². The van der Waals surface area contributed by atoms with Crippen LogP contribution in [0.25, 0.3) is 0 Å². The smallest absolute Gasteiger partial charge is 0.382 e. The van der Waals surface area contributed by atoms with Gasteiger partial charge in [0.15, 0.2) is 0 Å². The molecule has 170 valence electrons. The van der Waals surface area contributed by atoms with Crippen molar-refractivity contribution >= 4 is 17.5 Å². The van der Waals surface area contributed by atoms with E-state index in [1.54, 1.807) is 0 Å². The molecule has 0 saturated carbocycles. The highest BCUT2D eigenvalue weighted by Gasteiger charge is 2.22. The molecule has 0 aromatic heterocycles. The van der Waals surface area contributed by atoms with Crippen molar-refractivity contribution in [3.8, 4) is 0 Å². The van der Waals surface area contributed by atoms with Crippen LogP contribution in [-0.2, 0) is 19.1 Å². The molecule has 0 aromatic rings. The van der Waals surface area contributed by atoms with Gasteiger partial charge in [0, 0.05) is 6.42 Å². The second-order valence-corrected chi connectivity index (χ2v) is 8.36. The first-order valence-corrected chi connectivity index (χ1v) is 12.3. The predicted molar refractivity (Wildman–Crippen MR) is 120 cm³/mol. The van der Waals surface area contributed by atoms with E-state index in [1.165, 1.54) is 103 Å². The van der Waals surface area contributed by atoms with Crippen molar-refractivity contribution in [3.63, 3.8) is 0 Å². The van der Waals surface area contributed by atoms with E-state index in [4.69, 9.17) is 0 Å². The summed E-state index contributed by atoms with van der Waals surface area (Å²) in [5.74, 6) is -2.69. The first kappa shape index (κ1) is 27.8. The van der Waals surface area contributed by atoms with Gasteiger partial charge in [-0.2, -0.15) is 0 Å². The zero-order valence-corrected chi connectivity index (χ0v) is 19.3. The maximum Gasteiger partial charge on any atom is 0.382 e. The highest BCUT2D eigenvalue weighted by Crippen LogP contribution is 2.14. The molecular weight excluding hydrogens is 364 g/mol. The number of methoxy groups -OCH3 is 1. The standard InChI is InChI=1S/C25H46O4/c1-3-4-5-6-7-8-9-10-11-12-13-14-15-16-17-18-19-20-21-22-23(26)24(27)25(28)29-2/h3-22H2,1-2H3. The summed E-state index contributed by atoms with van der Waals surface area (Å²) in [6, 6.07) is 0. The molecule has 0 saturated heterocycles. The maximum atomic E-state index is 11.5. The highest BCUT2D eigenvalue weighted by atomic mass is 16.5. The molecule has 0 N–H and O–H groups in total. The number of carbonyl (C=O) groups is 3. The molecule has 0 atom stereocenters. The fraction of sp³-hybridized carbons (Fsp3) is 0.880. The van der Waals surface area contributed by atoms with E-state index >= 15 is 0 Å². The first-order valence-electron chi connectivity index (χ1n) is 12.3. The number of rotatable bonds is 22. The summed E-state index contributed by atoms with van der Waals surface area (Å²) in [5.41, 5.74) is 0. The molecule has 0 aliphatic heterocycles. The van der Waals surface area contributed by atoms with E-state index in [-0.39, 0.29) is 6.42 Å². The van der Waals surface area contributed by atoms with Crippen LogP contribution in [0.2, 0.25) is 0 Å². The van der Waals surface area contributed by atoms with Gasteiger partial charge in [-0.3, -0.25) is 9.59 Å². The Bertz CT molecular complexity index is 417. The topological polar surface area (TPSA) is 60.4 Å². The fourth-order valence-electron chi connectivity index (χ4n) is 3.68. The normalized spacial score (nSPS) is 10.8. The lowest BCUT2D eigenvalue weighted by molar-refractivity contribution is -0.155. The van der Waals surface area contributed by atoms with Gasteiger partial charge in [0.1, 0.15) is 0 Å². The van der Waals surface area contributed by atoms with Crippen LogP contribution in [0.5, 0.6) is 0 Å². The van der Waals surface area contributed by atoms with Crippen LogP contribution in [0, 0.1) is 0 Å². The van der Waals surface area contributed by atoms with Gasteiger partial charge in [-0.05, 0) is 6.42 Å². The number of carbonyl (C=O) groups excluding carboxylic acids is 3. The van der Waals surface area contributed by atoms with Gasteiger partial charge in [-0.1, -0.05) is 122 Å². The number of ketones is 2. The SMILES string of the molecule is CCCCCCCCCCCCCCCCCCCCCC(=O)C(=O)C(=O)OC. The zero-order chi connectivity index (χ0) is 21.6. The average Bonchev–Trinajstić information content (AvgIpc) is 2.74. The molecule has 0 heterocycles. The Morgan fingerprint density at radius 2 is 0.828 bits per heavy atom. The summed E-state index contributed by atoms with van der Waals surface area (Å²) in [6.07, 6.45) is 24.8. The maximum absolute atomic E-state index is 11.5. The number of hydrogen-bond donors (Lipinski definition) is 0. The molecule has 0 bridgehead atoms. The minimum absolute atomic E-state index is 0.160. The Kier molecular flexibility index (Phi) is 20.6. The first-order chi connectivity index (χ1) is 14.1. The Hall–Kier alpha value is -1.19. The molecular formula is C25H46O4. The fourth-order valence-corrected chi connectivity index (χ4v) is 3.68. The van der Waals surface area contributed by atoms with E-state index in [2.05, 4.69) is 11.7 Å². The van der Waals surface area contributed by atoms with Gasteiger partial charge in [-0.15, -0.1) is 0 Å². The zero-order valence-electron chi connectivity index (χ0n) is 19.3. The Morgan fingerprint density at radius 1 is 0.517 bits per heavy atom. The third-order valence-electron chi connectivity index (χ3n) is 5.63. The van der Waals surface area contributed by atoms with Crippen LogP contribution >= 0.6 is 0 Å². The van der Waals surface area contributed by atoms with Crippen molar-refractivity contribution in [1.29, 1.82) is 0 Å². The number of hydrogen-bond acceptors (Lipinski definition) is 4. The van der Waals surface area contributed by atoms with Crippen LogP contribution in [0.3, 0.4) is 0 Å². The molecule has 29 heavy (non-hydrogen) atoms. The van der Waals surface area contributed by atoms with Gasteiger partial charge in [-0.25, -0.2) is 4.79 Å². The molecule has 0 rings (SSSR count).